The first-order chi connectivity index (χ1) is 2.80. The van der Waals surface area contributed by atoms with Crippen LogP contribution in [0.4, 0.5) is 0 Å². The molecular weight excluding hydrogens is 76.1 g/mol. The van der Waals surface area contributed by atoms with Gasteiger partial charge in [0.05, 0.1) is 5.92 Å². The van der Waals surface area contributed by atoms with Crippen molar-refractivity contribution >= 4 is 5.78 Å². The van der Waals surface area contributed by atoms with Crippen LogP contribution in [0.1, 0.15) is 19.8 Å². The molecule has 1 saturated carbocycles. The van der Waals surface area contributed by atoms with Crippen LogP contribution in [-0.2, 0) is 0 Å². The highest BCUT2D eigenvalue weighted by Crippen LogP contribution is 2.28. The Labute approximate surface area is 37.4 Å². The highest BCUT2D eigenvalue weighted by molar-refractivity contribution is 5.81. The van der Waals surface area contributed by atoms with Crippen molar-refractivity contribution in [3.8, 4) is 0 Å². The quantitative estimate of drug-likeness (QED) is 0.423. The van der Waals surface area contributed by atoms with Crippen LogP contribution in [0.15, 0.2) is 0 Å². The molecule has 1 nitrogen and oxygen atoms in total. The summed E-state index contributed by atoms with van der Waals surface area (Å²) in [5.74, 6) is 1.19. The first-order valence-corrected chi connectivity index (χ1v) is 2.33. The molecule has 1 heteroatoms. The number of carbonyl (C=O) groups excluding carboxylic acids is 1. The summed E-state index contributed by atoms with van der Waals surface area (Å²) in [6.07, 6.45) is 2.42. The highest BCUT2D eigenvalue weighted by Gasteiger charge is 2.30. The van der Waals surface area contributed by atoms with Crippen LogP contribution in [0, 0.1) is 5.92 Å². The molecule has 6 heavy (non-hydrogen) atoms. The molecule has 0 spiro atoms. The second-order valence-corrected chi connectivity index (χ2v) is 1.92. The van der Waals surface area contributed by atoms with E-state index in [9.17, 15) is 0 Å². The fraction of sp³-hybridized carbons (Fsp3) is 0.800. The molecule has 0 amide bonds. The van der Waals surface area contributed by atoms with Crippen molar-refractivity contribution in [3.63, 3.8) is 0 Å². The van der Waals surface area contributed by atoms with Gasteiger partial charge in [-0.15, -0.1) is 0 Å². The minimum Gasteiger partial charge on any atom is -0.284 e. The molecule has 1 rings (SSSR count). The third kappa shape index (κ3) is 0.588. The average Bonchev–Trinajstić information content (AvgIpc) is 2.06. The summed E-state index contributed by atoms with van der Waals surface area (Å²) in [7, 11) is 0. The summed E-state index contributed by atoms with van der Waals surface area (Å²) in [4.78, 5) is 8.61. The van der Waals surface area contributed by atoms with E-state index in [1.54, 1.807) is 6.92 Å². The van der Waals surface area contributed by atoms with E-state index >= 15 is 0 Å². The fourth-order valence-corrected chi connectivity index (χ4v) is 0.501. The van der Waals surface area contributed by atoms with Crippen molar-refractivity contribution in [1.29, 1.82) is 0 Å². The second-order valence-electron chi connectivity index (χ2n) is 1.92. The predicted molar refractivity (Wildman–Crippen MR) is 25.3 cm³/mol. The molecule has 0 aromatic heterocycles. The first-order valence-electron chi connectivity index (χ1n) is 2.33. The molecule has 1 aliphatic rings. The van der Waals surface area contributed by atoms with Gasteiger partial charge in [0.25, 0.3) is 5.78 Å². The van der Waals surface area contributed by atoms with Gasteiger partial charge in [0.1, 0.15) is 0 Å². The minimum atomic E-state index is 0.574. The lowest BCUT2D eigenvalue weighted by Crippen LogP contribution is -1.89. The van der Waals surface area contributed by atoms with Gasteiger partial charge in [-0.3, -0.25) is 4.79 Å². The van der Waals surface area contributed by atoms with Crippen molar-refractivity contribution < 1.29 is 4.79 Å². The zero-order valence-corrected chi connectivity index (χ0v) is 3.94. The summed E-state index contributed by atoms with van der Waals surface area (Å²) in [6, 6.07) is 0. The maximum Gasteiger partial charge on any atom is 0.293 e. The van der Waals surface area contributed by atoms with Gasteiger partial charge in [-0.2, -0.15) is 0 Å². The van der Waals surface area contributed by atoms with Gasteiger partial charge in [-0.1, -0.05) is 0 Å². The molecule has 1 N–H and O–H groups in total. The van der Waals surface area contributed by atoms with E-state index in [2.05, 4.69) is 0 Å². The monoisotopic (exact) mass is 85.1 g/mol. The van der Waals surface area contributed by atoms with Crippen LogP contribution in [-0.4, -0.2) is 10.6 Å². The molecule has 0 aromatic rings. The maximum atomic E-state index is 8.61. The second kappa shape index (κ2) is 1.07. The van der Waals surface area contributed by atoms with Crippen molar-refractivity contribution in [1.82, 2.24) is 0 Å². The Morgan fingerprint density at radius 2 is 2.17 bits per heavy atom. The van der Waals surface area contributed by atoms with Gasteiger partial charge < -0.3 is 0 Å². The van der Waals surface area contributed by atoms with E-state index in [1.807, 2.05) is 0 Å². The van der Waals surface area contributed by atoms with Crippen LogP contribution < -0.4 is 0 Å². The van der Waals surface area contributed by atoms with Gasteiger partial charge in [-0.05, 0) is 12.8 Å². The lowest BCUT2D eigenvalue weighted by atomic mass is 10.3. The maximum absolute atomic E-state index is 8.61. The van der Waals surface area contributed by atoms with Gasteiger partial charge in [-0.25, -0.2) is 0 Å². The van der Waals surface area contributed by atoms with E-state index in [-0.39, 0.29) is 0 Å². The third-order valence-corrected chi connectivity index (χ3v) is 1.17. The van der Waals surface area contributed by atoms with Crippen LogP contribution in [0.25, 0.3) is 0 Å². The Morgan fingerprint density at radius 1 is 1.67 bits per heavy atom. The molecule has 0 atom stereocenters. The number of hydrogen-bond acceptors (Lipinski definition) is 0. The van der Waals surface area contributed by atoms with E-state index in [0.717, 1.165) is 0 Å². The van der Waals surface area contributed by atoms with Crippen molar-refractivity contribution in [2.24, 2.45) is 5.92 Å². The minimum absolute atomic E-state index is 0.574. The molecule has 34 valence electrons. The van der Waals surface area contributed by atoms with E-state index < -0.39 is 0 Å². The first kappa shape index (κ1) is 3.85. The van der Waals surface area contributed by atoms with Gasteiger partial charge in [0.15, 0.2) is 0 Å². The SMILES string of the molecule is CC(=[OH+])C1CC1. The topological polar surface area (TPSA) is 21.4 Å². The Balaban J connectivity index is 2.31. The molecule has 0 radical (unpaired) electrons. The summed E-state index contributed by atoms with van der Waals surface area (Å²) in [5, 5.41) is 0. The van der Waals surface area contributed by atoms with Crippen molar-refractivity contribution in [3.05, 3.63) is 0 Å². The lowest BCUT2D eigenvalue weighted by molar-refractivity contribution is 0.651. The standard InChI is InChI=1S/C5H8O/c1-4(6)5-2-3-5/h5H,2-3H2,1H3/p+1. The van der Waals surface area contributed by atoms with Crippen molar-refractivity contribution in [2.45, 2.75) is 19.8 Å². The summed E-state index contributed by atoms with van der Waals surface area (Å²) in [5.41, 5.74) is 0. The molecule has 0 saturated heterocycles. The smallest absolute Gasteiger partial charge is 0.284 e. The van der Waals surface area contributed by atoms with E-state index in [1.165, 1.54) is 12.8 Å². The molecular formula is C5H9O+. The van der Waals surface area contributed by atoms with Crippen molar-refractivity contribution in [2.75, 3.05) is 0 Å². The zero-order valence-electron chi connectivity index (χ0n) is 3.94. The Kier molecular flexibility index (Phi) is 0.685. The van der Waals surface area contributed by atoms with Gasteiger partial charge in [0.2, 0.25) is 0 Å². The fourth-order valence-electron chi connectivity index (χ4n) is 0.501. The van der Waals surface area contributed by atoms with Crippen LogP contribution in [0.5, 0.6) is 0 Å². The molecule has 0 aliphatic heterocycles. The van der Waals surface area contributed by atoms with Crippen LogP contribution >= 0.6 is 0 Å². The highest BCUT2D eigenvalue weighted by atomic mass is 16.1. The predicted octanol–water partition coefficient (Wildman–Crippen LogP) is 0.961. The Bertz CT molecular complexity index is 72.0. The molecule has 0 heterocycles. The summed E-state index contributed by atoms with van der Waals surface area (Å²) >= 11 is 0. The number of hydrogen-bond donors (Lipinski definition) is 0. The third-order valence-electron chi connectivity index (χ3n) is 1.17. The number of ketones is 1. The van der Waals surface area contributed by atoms with Crippen LogP contribution in [0.3, 0.4) is 0 Å². The average molecular weight is 85.1 g/mol. The summed E-state index contributed by atoms with van der Waals surface area (Å²) < 4.78 is 0. The van der Waals surface area contributed by atoms with E-state index in [0.29, 0.717) is 11.7 Å². The zero-order chi connectivity index (χ0) is 4.57. The molecule has 1 fully saturated rings. The summed E-state index contributed by atoms with van der Waals surface area (Å²) in [6.45, 7) is 1.78. The normalized spacial score (nSPS) is 20.8. The van der Waals surface area contributed by atoms with Crippen LogP contribution in [0.2, 0.25) is 0 Å². The van der Waals surface area contributed by atoms with Gasteiger partial charge >= 0.3 is 0 Å². The Morgan fingerprint density at radius 3 is 2.17 bits per heavy atom. The molecule has 0 bridgehead atoms. The van der Waals surface area contributed by atoms with E-state index in [4.69, 9.17) is 4.79 Å². The Hall–Kier alpha value is -0.330. The number of rotatable bonds is 1. The molecule has 1 aliphatic carbocycles. The lowest BCUT2D eigenvalue weighted by Gasteiger charge is -1.67. The molecule has 0 aromatic carbocycles. The largest absolute Gasteiger partial charge is 0.293 e. The molecule has 0 unspecified atom stereocenters. The van der Waals surface area contributed by atoms with Gasteiger partial charge in [0, 0.05) is 6.92 Å².